The van der Waals surface area contributed by atoms with Crippen LogP contribution in [-0.4, -0.2) is 34.8 Å². The summed E-state index contributed by atoms with van der Waals surface area (Å²) in [6.45, 7) is 5.49. The number of anilines is 1. The van der Waals surface area contributed by atoms with Crippen molar-refractivity contribution in [2.24, 2.45) is 5.92 Å². The molecule has 0 saturated carbocycles. The van der Waals surface area contributed by atoms with Gasteiger partial charge in [0.15, 0.2) is 3.95 Å². The predicted molar refractivity (Wildman–Crippen MR) is 70.5 cm³/mol. The number of hydrogen-bond acceptors (Lipinski definition) is 5. The van der Waals surface area contributed by atoms with E-state index in [0.717, 1.165) is 34.8 Å². The average molecular weight is 258 g/mol. The number of likely N-dealkylation sites (tertiary alicyclic amines) is 1. The van der Waals surface area contributed by atoms with E-state index in [0.29, 0.717) is 0 Å². The zero-order valence-corrected chi connectivity index (χ0v) is 11.4. The summed E-state index contributed by atoms with van der Waals surface area (Å²) in [4.78, 5) is 2.43. The Bertz CT molecular complexity index is 390. The molecule has 1 aromatic heterocycles. The number of piperidine rings is 1. The average Bonchev–Trinajstić information content (AvgIpc) is 2.63. The van der Waals surface area contributed by atoms with Crippen LogP contribution in [0.3, 0.4) is 0 Å². The van der Waals surface area contributed by atoms with E-state index in [-0.39, 0.29) is 0 Å². The summed E-state index contributed by atoms with van der Waals surface area (Å²) < 4.78 is 2.77. The molecule has 0 radical (unpaired) electrons. The van der Waals surface area contributed by atoms with Crippen LogP contribution in [-0.2, 0) is 6.67 Å². The number of aromatic nitrogens is 2. The molecule has 1 N–H and O–H groups in total. The second-order valence-electron chi connectivity index (χ2n) is 4.36. The zero-order valence-electron chi connectivity index (χ0n) is 9.77. The summed E-state index contributed by atoms with van der Waals surface area (Å²) in [7, 11) is 1.88. The lowest BCUT2D eigenvalue weighted by atomic mass is 10.00. The molecule has 90 valence electrons. The van der Waals surface area contributed by atoms with Crippen LogP contribution in [0.2, 0.25) is 0 Å². The summed E-state index contributed by atoms with van der Waals surface area (Å²) in [6.07, 6.45) is 2.58. The largest absolute Gasteiger partial charge is 0.363 e. The van der Waals surface area contributed by atoms with Gasteiger partial charge in [-0.2, -0.15) is 0 Å². The number of nitrogens with one attached hydrogen (secondary N) is 1. The van der Waals surface area contributed by atoms with E-state index in [1.54, 1.807) is 0 Å². The van der Waals surface area contributed by atoms with Crippen molar-refractivity contribution in [3.05, 3.63) is 3.95 Å². The maximum absolute atomic E-state index is 5.28. The Morgan fingerprint density at radius 2 is 2.19 bits per heavy atom. The minimum absolute atomic E-state index is 0.837. The monoisotopic (exact) mass is 258 g/mol. The van der Waals surface area contributed by atoms with Crippen LogP contribution in [0.15, 0.2) is 0 Å². The highest BCUT2D eigenvalue weighted by Gasteiger charge is 2.16. The van der Waals surface area contributed by atoms with Gasteiger partial charge in [0.1, 0.15) is 0 Å². The number of hydrogen-bond donors (Lipinski definition) is 1. The molecule has 0 unspecified atom stereocenters. The maximum Gasteiger partial charge on any atom is 0.204 e. The van der Waals surface area contributed by atoms with E-state index < -0.39 is 0 Å². The van der Waals surface area contributed by atoms with Crippen LogP contribution in [0.1, 0.15) is 19.8 Å². The lowest BCUT2D eigenvalue weighted by molar-refractivity contribution is 0.146. The molecule has 1 aliphatic heterocycles. The second-order valence-corrected chi connectivity index (χ2v) is 5.99. The molecular formula is C10H18N4S2. The van der Waals surface area contributed by atoms with Gasteiger partial charge in [-0.1, -0.05) is 18.3 Å². The van der Waals surface area contributed by atoms with Crippen molar-refractivity contribution in [1.82, 2.24) is 14.7 Å². The lowest BCUT2D eigenvalue weighted by Crippen LogP contribution is -2.34. The summed E-state index contributed by atoms with van der Waals surface area (Å²) >= 11 is 6.82. The molecule has 1 aliphatic rings. The van der Waals surface area contributed by atoms with Gasteiger partial charge in [-0.15, -0.1) is 5.10 Å². The van der Waals surface area contributed by atoms with E-state index in [4.69, 9.17) is 12.2 Å². The number of rotatable bonds is 3. The van der Waals surface area contributed by atoms with E-state index >= 15 is 0 Å². The first-order valence-corrected chi connectivity index (χ1v) is 6.89. The van der Waals surface area contributed by atoms with Crippen molar-refractivity contribution in [2.45, 2.75) is 26.4 Å². The Kier molecular flexibility index (Phi) is 3.94. The molecule has 1 aromatic rings. The SMILES string of the molecule is CNc1nn(CN2CCC(C)CC2)c(=S)s1. The fraction of sp³-hybridized carbons (Fsp3) is 0.800. The van der Waals surface area contributed by atoms with Crippen LogP contribution in [0.4, 0.5) is 5.13 Å². The molecule has 6 heteroatoms. The van der Waals surface area contributed by atoms with Crippen molar-refractivity contribution in [1.29, 1.82) is 0 Å². The molecule has 4 nitrogen and oxygen atoms in total. The second kappa shape index (κ2) is 5.25. The van der Waals surface area contributed by atoms with Gasteiger partial charge in [-0.05, 0) is 31.0 Å². The zero-order chi connectivity index (χ0) is 11.5. The molecule has 0 bridgehead atoms. The summed E-state index contributed by atoms with van der Waals surface area (Å²) in [5.74, 6) is 0.868. The van der Waals surface area contributed by atoms with Crippen molar-refractivity contribution in [3.63, 3.8) is 0 Å². The van der Waals surface area contributed by atoms with Gasteiger partial charge >= 0.3 is 0 Å². The van der Waals surface area contributed by atoms with Crippen LogP contribution in [0.5, 0.6) is 0 Å². The third kappa shape index (κ3) is 2.81. The van der Waals surface area contributed by atoms with Gasteiger partial charge in [0.25, 0.3) is 0 Å². The Labute approximate surface area is 105 Å². The smallest absolute Gasteiger partial charge is 0.204 e. The van der Waals surface area contributed by atoms with Crippen molar-refractivity contribution in [2.75, 3.05) is 25.5 Å². The van der Waals surface area contributed by atoms with E-state index in [2.05, 4.69) is 22.2 Å². The first-order chi connectivity index (χ1) is 7.69. The highest BCUT2D eigenvalue weighted by atomic mass is 32.1. The Morgan fingerprint density at radius 3 is 2.75 bits per heavy atom. The normalized spacial score (nSPS) is 18.9. The third-order valence-corrected chi connectivity index (χ3v) is 4.36. The fourth-order valence-electron chi connectivity index (χ4n) is 1.89. The van der Waals surface area contributed by atoms with Crippen LogP contribution >= 0.6 is 23.6 Å². The molecule has 0 aliphatic carbocycles. The molecule has 1 saturated heterocycles. The fourth-order valence-corrected chi connectivity index (χ4v) is 2.84. The first kappa shape index (κ1) is 12.0. The van der Waals surface area contributed by atoms with Crippen molar-refractivity contribution < 1.29 is 0 Å². The van der Waals surface area contributed by atoms with Gasteiger partial charge in [0.05, 0.1) is 6.67 Å². The minimum atomic E-state index is 0.837. The van der Waals surface area contributed by atoms with E-state index in [1.165, 1.54) is 24.2 Å². The minimum Gasteiger partial charge on any atom is -0.363 e. The first-order valence-electron chi connectivity index (χ1n) is 5.67. The molecule has 0 aromatic carbocycles. The lowest BCUT2D eigenvalue weighted by Gasteiger charge is -2.29. The topological polar surface area (TPSA) is 33.1 Å². The van der Waals surface area contributed by atoms with Gasteiger partial charge in [0, 0.05) is 20.1 Å². The highest BCUT2D eigenvalue weighted by molar-refractivity contribution is 7.73. The molecule has 2 heterocycles. The molecule has 16 heavy (non-hydrogen) atoms. The quantitative estimate of drug-likeness (QED) is 0.844. The summed E-state index contributed by atoms with van der Waals surface area (Å²) in [5.41, 5.74) is 0. The Hall–Kier alpha value is -0.460. The maximum atomic E-state index is 5.28. The van der Waals surface area contributed by atoms with Gasteiger partial charge in [-0.3, -0.25) is 4.90 Å². The van der Waals surface area contributed by atoms with E-state index in [1.807, 2.05) is 11.7 Å². The van der Waals surface area contributed by atoms with Crippen LogP contribution < -0.4 is 5.32 Å². The Morgan fingerprint density at radius 1 is 1.50 bits per heavy atom. The molecule has 0 spiro atoms. The van der Waals surface area contributed by atoms with Crippen molar-refractivity contribution in [3.8, 4) is 0 Å². The van der Waals surface area contributed by atoms with Crippen LogP contribution in [0.25, 0.3) is 0 Å². The van der Waals surface area contributed by atoms with Gasteiger partial charge < -0.3 is 5.32 Å². The highest BCUT2D eigenvalue weighted by Crippen LogP contribution is 2.18. The summed E-state index contributed by atoms with van der Waals surface area (Å²) in [6, 6.07) is 0. The molecule has 2 rings (SSSR count). The Balaban J connectivity index is 1.98. The van der Waals surface area contributed by atoms with Crippen LogP contribution in [0, 0.1) is 9.87 Å². The van der Waals surface area contributed by atoms with Gasteiger partial charge in [0.2, 0.25) is 5.13 Å². The molecule has 1 fully saturated rings. The summed E-state index contributed by atoms with van der Waals surface area (Å²) in [5, 5.41) is 8.35. The molecular weight excluding hydrogens is 240 g/mol. The standard InChI is InChI=1S/C10H18N4S2/c1-8-3-5-13(6-4-8)7-14-10(15)16-9(11-2)12-14/h8H,3-7H2,1-2H3,(H,11,12). The van der Waals surface area contributed by atoms with E-state index in [9.17, 15) is 0 Å². The molecule has 0 amide bonds. The van der Waals surface area contributed by atoms with Gasteiger partial charge in [-0.25, -0.2) is 4.68 Å². The number of nitrogens with zero attached hydrogens (tertiary/aromatic N) is 3. The predicted octanol–water partition coefficient (Wildman–Crippen LogP) is 2.41. The molecule has 0 atom stereocenters. The van der Waals surface area contributed by atoms with Crippen molar-refractivity contribution >= 4 is 28.7 Å². The third-order valence-electron chi connectivity index (χ3n) is 3.03.